The number of piperazine rings is 1. The summed E-state index contributed by atoms with van der Waals surface area (Å²) in [4.78, 5) is 36.9. The first-order chi connectivity index (χ1) is 15.9. The number of carbonyl (C=O) groups excluding carboxylic acids is 2. The van der Waals surface area contributed by atoms with Gasteiger partial charge in [0.1, 0.15) is 18.6 Å². The molecule has 1 aromatic carbocycles. The molecule has 180 valence electrons. The highest BCUT2D eigenvalue weighted by Crippen LogP contribution is 2.12. The molecule has 0 aromatic heterocycles. The van der Waals surface area contributed by atoms with Gasteiger partial charge < -0.3 is 14.7 Å². The summed E-state index contributed by atoms with van der Waals surface area (Å²) in [6.07, 6.45) is 15.5. The highest BCUT2D eigenvalue weighted by molar-refractivity contribution is 5.96. The molecule has 0 spiro atoms. The van der Waals surface area contributed by atoms with E-state index in [1.807, 2.05) is 43.9 Å². The predicted octanol–water partition coefficient (Wildman–Crippen LogP) is 3.67. The number of carbonyl (C=O) groups is 3. The van der Waals surface area contributed by atoms with E-state index < -0.39 is 5.97 Å². The monoisotopic (exact) mass is 456 g/mol. The van der Waals surface area contributed by atoms with Crippen molar-refractivity contribution in [3.63, 3.8) is 0 Å². The highest BCUT2D eigenvalue weighted by Gasteiger charge is 2.22. The highest BCUT2D eigenvalue weighted by atomic mass is 16.5. The van der Waals surface area contributed by atoms with Crippen LogP contribution in [0.1, 0.15) is 44.0 Å². The van der Waals surface area contributed by atoms with Gasteiger partial charge >= 0.3 is 5.97 Å². The summed E-state index contributed by atoms with van der Waals surface area (Å²) in [6.45, 7) is 10.2. The molecule has 1 fully saturated rings. The van der Waals surface area contributed by atoms with E-state index in [0.29, 0.717) is 18.6 Å². The fourth-order valence-electron chi connectivity index (χ4n) is 2.98. The van der Waals surface area contributed by atoms with Crippen molar-refractivity contribution in [2.45, 2.75) is 33.6 Å². The fourth-order valence-corrected chi connectivity index (χ4v) is 2.98. The number of allylic oxidation sites excluding steroid dienone is 2. The second-order valence-corrected chi connectivity index (χ2v) is 7.06. The molecule has 1 saturated heterocycles. The van der Waals surface area contributed by atoms with Crippen LogP contribution in [0.3, 0.4) is 0 Å². The molecule has 0 bridgehead atoms. The van der Waals surface area contributed by atoms with Crippen LogP contribution in [0, 0.1) is 12.8 Å². The van der Waals surface area contributed by atoms with Crippen LogP contribution in [-0.2, 0) is 9.59 Å². The minimum Gasteiger partial charge on any atom is -0.492 e. The molecular weight excluding hydrogens is 420 g/mol. The lowest BCUT2D eigenvalue weighted by molar-refractivity contribution is -0.137. The van der Waals surface area contributed by atoms with E-state index in [4.69, 9.17) is 9.84 Å². The molecule has 1 aromatic rings. The number of nitrogens with zero attached hydrogens (tertiary/aromatic N) is 2. The molecule has 0 saturated carbocycles. The summed E-state index contributed by atoms with van der Waals surface area (Å²) < 4.78 is 5.71. The van der Waals surface area contributed by atoms with Gasteiger partial charge in [0.25, 0.3) is 5.91 Å². The molecule has 1 aliphatic rings. The third-order valence-corrected chi connectivity index (χ3v) is 4.72. The largest absolute Gasteiger partial charge is 0.492 e. The Labute approximate surface area is 197 Å². The Kier molecular flexibility index (Phi) is 16.4. The Morgan fingerprint density at radius 3 is 2.12 bits per heavy atom. The van der Waals surface area contributed by atoms with E-state index in [1.54, 1.807) is 24.3 Å². The van der Waals surface area contributed by atoms with Crippen molar-refractivity contribution in [2.24, 2.45) is 0 Å². The maximum atomic E-state index is 12.4. The van der Waals surface area contributed by atoms with Crippen molar-refractivity contribution in [1.82, 2.24) is 9.80 Å². The van der Waals surface area contributed by atoms with Gasteiger partial charge in [0.2, 0.25) is 0 Å². The van der Waals surface area contributed by atoms with Gasteiger partial charge in [-0.1, -0.05) is 25.2 Å². The molecular formula is C26H36N2O5. The number of carboxylic acids is 1. The number of amides is 1. The molecule has 0 radical (unpaired) electrons. The van der Waals surface area contributed by atoms with Gasteiger partial charge in [-0.15, -0.1) is 12.8 Å². The number of aliphatic carboxylic acids is 1. The molecule has 0 unspecified atom stereocenters. The zero-order valence-electron chi connectivity index (χ0n) is 19.9. The lowest BCUT2D eigenvalue weighted by Crippen LogP contribution is -2.49. The van der Waals surface area contributed by atoms with Crippen LogP contribution >= 0.6 is 0 Å². The maximum Gasteiger partial charge on any atom is 0.303 e. The summed E-state index contributed by atoms with van der Waals surface area (Å²) >= 11 is 0. The first-order valence-electron chi connectivity index (χ1n) is 11.0. The zero-order valence-corrected chi connectivity index (χ0v) is 19.9. The van der Waals surface area contributed by atoms with E-state index in [1.165, 1.54) is 0 Å². The number of carboxylic acid groups (broad SMARTS) is 1. The summed E-state index contributed by atoms with van der Waals surface area (Å²) in [5.74, 6) is 0.160. The third kappa shape index (κ3) is 12.3. The summed E-state index contributed by atoms with van der Waals surface area (Å²) in [7, 11) is 0. The van der Waals surface area contributed by atoms with Crippen molar-refractivity contribution in [3.05, 3.63) is 53.6 Å². The van der Waals surface area contributed by atoms with Gasteiger partial charge in [0.05, 0.1) is 0 Å². The van der Waals surface area contributed by atoms with Crippen molar-refractivity contribution in [3.8, 4) is 18.6 Å². The topological polar surface area (TPSA) is 87.2 Å². The van der Waals surface area contributed by atoms with Gasteiger partial charge in [-0.3, -0.25) is 19.3 Å². The second kappa shape index (κ2) is 18.2. The number of hydrogen-bond donors (Lipinski definition) is 1. The Bertz CT molecular complexity index is 789. The first kappa shape index (κ1) is 29.6. The number of ether oxygens (including phenoxy) is 1. The lowest BCUT2D eigenvalue weighted by Gasteiger charge is -2.34. The fraction of sp³-hybridized carbons (Fsp3) is 0.423. The van der Waals surface area contributed by atoms with E-state index in [9.17, 15) is 14.4 Å². The molecule has 0 aliphatic carbocycles. The van der Waals surface area contributed by atoms with Gasteiger partial charge in [-0.05, 0) is 44.5 Å². The smallest absolute Gasteiger partial charge is 0.303 e. The average Bonchev–Trinajstić information content (AvgIpc) is 2.84. The van der Waals surface area contributed by atoms with Crippen molar-refractivity contribution in [1.29, 1.82) is 0 Å². The number of aldehydes is 1. The van der Waals surface area contributed by atoms with Crippen LogP contribution in [0.4, 0.5) is 0 Å². The van der Waals surface area contributed by atoms with Crippen molar-refractivity contribution >= 4 is 18.2 Å². The van der Waals surface area contributed by atoms with Gasteiger partial charge in [-0.25, -0.2) is 0 Å². The number of terminal acetylenes is 1. The molecule has 33 heavy (non-hydrogen) atoms. The van der Waals surface area contributed by atoms with Crippen LogP contribution in [-0.4, -0.2) is 72.4 Å². The van der Waals surface area contributed by atoms with E-state index in [2.05, 4.69) is 17.7 Å². The molecule has 1 N–H and O–H groups in total. The van der Waals surface area contributed by atoms with Gasteiger partial charge in [0, 0.05) is 50.3 Å². The summed E-state index contributed by atoms with van der Waals surface area (Å²) in [5.41, 5.74) is 1.39. The van der Waals surface area contributed by atoms with Crippen molar-refractivity contribution < 1.29 is 24.2 Å². The molecule has 7 nitrogen and oxygen atoms in total. The Balaban J connectivity index is 0.00000111. The van der Waals surface area contributed by atoms with Gasteiger partial charge in [-0.2, -0.15) is 0 Å². The number of hydrogen-bond acceptors (Lipinski definition) is 5. The molecule has 7 heteroatoms. The van der Waals surface area contributed by atoms with Crippen LogP contribution in [0.2, 0.25) is 0 Å². The molecule has 0 atom stereocenters. The molecule has 2 rings (SSSR count). The molecule has 1 aliphatic heterocycles. The van der Waals surface area contributed by atoms with Crippen LogP contribution in [0.5, 0.6) is 5.75 Å². The van der Waals surface area contributed by atoms with Crippen molar-refractivity contribution in [2.75, 3.05) is 39.3 Å². The Morgan fingerprint density at radius 1 is 1.09 bits per heavy atom. The van der Waals surface area contributed by atoms with Crippen LogP contribution < -0.4 is 4.74 Å². The quantitative estimate of drug-likeness (QED) is 0.264. The summed E-state index contributed by atoms with van der Waals surface area (Å²) in [5, 5.41) is 7.91. The lowest BCUT2D eigenvalue weighted by atomic mass is 10.2. The van der Waals surface area contributed by atoms with E-state index >= 15 is 0 Å². The molecule has 1 amide bonds. The minimum atomic E-state index is -0.711. The SMILES string of the molecule is C#C.C/C=C\C(=C/C)C(=O)N1CCN(CCOc2ccc(C=O)cc2)CC1.CCCC(=O)O. The summed E-state index contributed by atoms with van der Waals surface area (Å²) in [6, 6.07) is 7.10. The zero-order chi connectivity index (χ0) is 25.1. The number of rotatable bonds is 9. The maximum absolute atomic E-state index is 12.4. The van der Waals surface area contributed by atoms with Crippen LogP contribution in [0.25, 0.3) is 0 Å². The minimum absolute atomic E-state index is 0.103. The Hall–Kier alpha value is -3.37. The Morgan fingerprint density at radius 2 is 1.70 bits per heavy atom. The van der Waals surface area contributed by atoms with E-state index in [-0.39, 0.29) is 5.91 Å². The van der Waals surface area contributed by atoms with Gasteiger partial charge in [0.15, 0.2) is 0 Å². The molecule has 1 heterocycles. The van der Waals surface area contributed by atoms with Crippen LogP contribution in [0.15, 0.2) is 48.1 Å². The standard InChI is InChI=1S/C20H26N2O3.C4H8O2.C2H2/c1-3-5-18(4-2)20(24)22-12-10-21(11-13-22)14-15-25-19-8-6-17(16-23)7-9-19;1-2-3-4(5)6;1-2/h3-9,16H,10-15H2,1-2H3;2-3H2,1H3,(H,5,6);1-2H/b5-3-,18-4+;;. The normalized spacial score (nSPS) is 13.8. The second-order valence-electron chi connectivity index (χ2n) is 7.06. The van der Waals surface area contributed by atoms with E-state index in [0.717, 1.165) is 56.8 Å². The average molecular weight is 457 g/mol. The third-order valence-electron chi connectivity index (χ3n) is 4.72. The number of benzene rings is 1. The first-order valence-corrected chi connectivity index (χ1v) is 11.0. The predicted molar refractivity (Wildman–Crippen MR) is 131 cm³/mol.